The summed E-state index contributed by atoms with van der Waals surface area (Å²) in [4.78, 5) is 14.2. The Kier molecular flexibility index (Phi) is 4.46. The first kappa shape index (κ1) is 15.3. The van der Waals surface area contributed by atoms with Crippen LogP contribution in [0.25, 0.3) is 0 Å². The molecule has 0 unspecified atom stereocenters. The summed E-state index contributed by atoms with van der Waals surface area (Å²) in [7, 11) is 0. The molecule has 2 N–H and O–H groups in total. The number of benzene rings is 2. The molecular weight excluding hydrogens is 295 g/mol. The minimum Gasteiger partial charge on any atom is -0.508 e. The minimum absolute atomic E-state index is 0.167. The molecule has 0 aliphatic heterocycles. The molecule has 2 aromatic carbocycles. The molecule has 1 aliphatic carbocycles. The van der Waals surface area contributed by atoms with Gasteiger partial charge in [0.15, 0.2) is 0 Å². The van der Waals surface area contributed by atoms with E-state index in [9.17, 15) is 14.3 Å². The summed E-state index contributed by atoms with van der Waals surface area (Å²) in [5, 5.41) is 12.4. The molecule has 0 bridgehead atoms. The van der Waals surface area contributed by atoms with Gasteiger partial charge in [-0.1, -0.05) is 24.3 Å². The first-order valence-corrected chi connectivity index (χ1v) is 7.68. The van der Waals surface area contributed by atoms with E-state index in [1.54, 1.807) is 35.2 Å². The van der Waals surface area contributed by atoms with Crippen molar-refractivity contribution in [3.8, 4) is 5.75 Å². The van der Waals surface area contributed by atoms with Gasteiger partial charge in [-0.3, -0.25) is 0 Å². The van der Waals surface area contributed by atoms with Crippen molar-refractivity contribution in [2.75, 3.05) is 0 Å². The molecule has 5 heteroatoms. The molecule has 23 heavy (non-hydrogen) atoms. The van der Waals surface area contributed by atoms with E-state index in [2.05, 4.69) is 5.32 Å². The van der Waals surface area contributed by atoms with Gasteiger partial charge in [-0.15, -0.1) is 0 Å². The molecule has 0 aromatic heterocycles. The summed E-state index contributed by atoms with van der Waals surface area (Å²) in [6.07, 6.45) is 1.98. The first-order chi connectivity index (χ1) is 11.1. The van der Waals surface area contributed by atoms with Crippen molar-refractivity contribution in [2.24, 2.45) is 0 Å². The molecule has 0 saturated heterocycles. The van der Waals surface area contributed by atoms with Crippen molar-refractivity contribution in [1.82, 2.24) is 10.2 Å². The third-order valence-corrected chi connectivity index (χ3v) is 3.84. The zero-order chi connectivity index (χ0) is 16.2. The van der Waals surface area contributed by atoms with E-state index in [-0.39, 0.29) is 23.6 Å². The molecule has 0 radical (unpaired) electrons. The predicted molar refractivity (Wildman–Crippen MR) is 85.3 cm³/mol. The molecule has 4 nitrogen and oxygen atoms in total. The molecule has 2 amide bonds. The average Bonchev–Trinajstić information content (AvgIpc) is 3.35. The lowest BCUT2D eigenvalue weighted by Crippen LogP contribution is -2.40. The van der Waals surface area contributed by atoms with Gasteiger partial charge in [-0.05, 0) is 48.2 Å². The number of urea groups is 1. The van der Waals surface area contributed by atoms with E-state index in [0.717, 1.165) is 24.0 Å². The van der Waals surface area contributed by atoms with Crippen LogP contribution >= 0.6 is 0 Å². The van der Waals surface area contributed by atoms with Crippen molar-refractivity contribution >= 4 is 6.03 Å². The quantitative estimate of drug-likeness (QED) is 0.888. The van der Waals surface area contributed by atoms with E-state index in [1.165, 1.54) is 12.1 Å². The third kappa shape index (κ3) is 4.22. The normalized spacial score (nSPS) is 13.6. The fourth-order valence-electron chi connectivity index (χ4n) is 2.53. The standard InChI is InChI=1S/C18H19FN2O2/c19-15-5-1-3-13(9-15)11-20-18(23)21(16-7-8-16)12-14-4-2-6-17(22)10-14/h1-6,9-10,16,22H,7-8,11-12H2,(H,20,23). The Morgan fingerprint density at radius 3 is 2.61 bits per heavy atom. The fourth-order valence-corrected chi connectivity index (χ4v) is 2.53. The Balaban J connectivity index is 1.63. The van der Waals surface area contributed by atoms with Gasteiger partial charge in [0.1, 0.15) is 11.6 Å². The zero-order valence-electron chi connectivity index (χ0n) is 12.7. The molecule has 3 rings (SSSR count). The van der Waals surface area contributed by atoms with Crippen molar-refractivity contribution < 1.29 is 14.3 Å². The van der Waals surface area contributed by atoms with Crippen LogP contribution in [0.1, 0.15) is 24.0 Å². The number of phenolic OH excluding ortho intramolecular Hbond substituents is 1. The van der Waals surface area contributed by atoms with Crippen LogP contribution in [0.5, 0.6) is 5.75 Å². The van der Waals surface area contributed by atoms with Gasteiger partial charge in [0, 0.05) is 19.1 Å². The van der Waals surface area contributed by atoms with Gasteiger partial charge in [-0.25, -0.2) is 9.18 Å². The van der Waals surface area contributed by atoms with Crippen LogP contribution < -0.4 is 5.32 Å². The number of aromatic hydroxyl groups is 1. The van der Waals surface area contributed by atoms with Gasteiger partial charge in [-0.2, -0.15) is 0 Å². The highest BCUT2D eigenvalue weighted by Crippen LogP contribution is 2.29. The summed E-state index contributed by atoms with van der Waals surface area (Å²) < 4.78 is 13.2. The lowest BCUT2D eigenvalue weighted by Gasteiger charge is -2.23. The smallest absolute Gasteiger partial charge is 0.318 e. The van der Waals surface area contributed by atoms with Crippen LogP contribution in [0.4, 0.5) is 9.18 Å². The minimum atomic E-state index is -0.310. The second kappa shape index (κ2) is 6.69. The van der Waals surface area contributed by atoms with E-state index in [0.29, 0.717) is 13.1 Å². The number of hydrogen-bond donors (Lipinski definition) is 2. The van der Waals surface area contributed by atoms with Crippen molar-refractivity contribution in [3.63, 3.8) is 0 Å². The lowest BCUT2D eigenvalue weighted by atomic mass is 10.2. The molecule has 0 spiro atoms. The van der Waals surface area contributed by atoms with Gasteiger partial charge in [0.25, 0.3) is 0 Å². The van der Waals surface area contributed by atoms with Crippen molar-refractivity contribution in [1.29, 1.82) is 0 Å². The van der Waals surface area contributed by atoms with Crippen LogP contribution in [0, 0.1) is 5.82 Å². The number of amides is 2. The predicted octanol–water partition coefficient (Wildman–Crippen LogP) is 3.41. The van der Waals surface area contributed by atoms with Crippen LogP contribution in [0.2, 0.25) is 0 Å². The van der Waals surface area contributed by atoms with Crippen molar-refractivity contribution in [2.45, 2.75) is 32.0 Å². The number of hydrogen-bond acceptors (Lipinski definition) is 2. The highest BCUT2D eigenvalue weighted by molar-refractivity contribution is 5.75. The Bertz CT molecular complexity index is 701. The number of nitrogens with one attached hydrogen (secondary N) is 1. The summed E-state index contributed by atoms with van der Waals surface area (Å²) in [5.74, 6) is -0.117. The van der Waals surface area contributed by atoms with Gasteiger partial charge < -0.3 is 15.3 Å². The van der Waals surface area contributed by atoms with E-state index in [1.807, 2.05) is 6.07 Å². The summed E-state index contributed by atoms with van der Waals surface area (Å²) in [5.41, 5.74) is 1.62. The number of phenols is 1. The maximum atomic E-state index is 13.2. The molecule has 1 aliphatic rings. The Morgan fingerprint density at radius 2 is 1.91 bits per heavy atom. The largest absolute Gasteiger partial charge is 0.508 e. The van der Waals surface area contributed by atoms with Crippen LogP contribution in [-0.4, -0.2) is 22.1 Å². The fraction of sp³-hybridized carbons (Fsp3) is 0.278. The molecule has 2 aromatic rings. The Hall–Kier alpha value is -2.56. The molecule has 0 heterocycles. The Morgan fingerprint density at radius 1 is 1.17 bits per heavy atom. The van der Waals surface area contributed by atoms with Gasteiger partial charge in [0.05, 0.1) is 0 Å². The van der Waals surface area contributed by atoms with Gasteiger partial charge >= 0.3 is 6.03 Å². The van der Waals surface area contributed by atoms with E-state index in [4.69, 9.17) is 0 Å². The zero-order valence-corrected chi connectivity index (χ0v) is 12.7. The van der Waals surface area contributed by atoms with Crippen LogP contribution in [0.15, 0.2) is 48.5 Å². The summed E-state index contributed by atoms with van der Waals surface area (Å²) in [6, 6.07) is 13.2. The second-order valence-electron chi connectivity index (χ2n) is 5.82. The summed E-state index contributed by atoms with van der Waals surface area (Å²) in [6.45, 7) is 0.744. The number of halogens is 1. The lowest BCUT2D eigenvalue weighted by molar-refractivity contribution is 0.191. The highest BCUT2D eigenvalue weighted by atomic mass is 19.1. The molecule has 1 saturated carbocycles. The SMILES string of the molecule is O=C(NCc1cccc(F)c1)N(Cc1cccc(O)c1)C1CC1. The van der Waals surface area contributed by atoms with E-state index < -0.39 is 0 Å². The van der Waals surface area contributed by atoms with E-state index >= 15 is 0 Å². The number of nitrogens with zero attached hydrogens (tertiary/aromatic N) is 1. The maximum absolute atomic E-state index is 13.2. The molecule has 0 atom stereocenters. The topological polar surface area (TPSA) is 52.6 Å². The van der Waals surface area contributed by atoms with Crippen LogP contribution in [0.3, 0.4) is 0 Å². The number of rotatable bonds is 5. The average molecular weight is 314 g/mol. The summed E-state index contributed by atoms with van der Waals surface area (Å²) >= 11 is 0. The van der Waals surface area contributed by atoms with Crippen molar-refractivity contribution in [3.05, 3.63) is 65.5 Å². The number of carbonyl (C=O) groups is 1. The molecule has 120 valence electrons. The maximum Gasteiger partial charge on any atom is 0.318 e. The third-order valence-electron chi connectivity index (χ3n) is 3.84. The number of carbonyl (C=O) groups excluding carboxylic acids is 1. The highest BCUT2D eigenvalue weighted by Gasteiger charge is 2.32. The Labute approximate surface area is 134 Å². The molecule has 1 fully saturated rings. The second-order valence-corrected chi connectivity index (χ2v) is 5.82. The van der Waals surface area contributed by atoms with Crippen LogP contribution in [-0.2, 0) is 13.1 Å². The van der Waals surface area contributed by atoms with Gasteiger partial charge in [0.2, 0.25) is 0 Å². The monoisotopic (exact) mass is 314 g/mol. The molecular formula is C18H19FN2O2. The first-order valence-electron chi connectivity index (χ1n) is 7.68.